The third-order valence-corrected chi connectivity index (χ3v) is 2.17. The summed E-state index contributed by atoms with van der Waals surface area (Å²) in [7, 11) is 1.22. The van der Waals surface area contributed by atoms with Crippen LogP contribution >= 0.6 is 0 Å². The third-order valence-electron chi connectivity index (χ3n) is 2.17. The van der Waals surface area contributed by atoms with Crippen molar-refractivity contribution in [2.24, 2.45) is 5.73 Å². The van der Waals surface area contributed by atoms with E-state index in [1.165, 1.54) is 19.2 Å². The van der Waals surface area contributed by atoms with Crippen molar-refractivity contribution in [3.8, 4) is 5.75 Å². The molecular weight excluding hydrogens is 231 g/mol. The van der Waals surface area contributed by atoms with Crippen LogP contribution in [0.4, 0.5) is 13.2 Å². The predicted molar refractivity (Wildman–Crippen MR) is 60.7 cm³/mol. The highest BCUT2D eigenvalue weighted by Crippen LogP contribution is 2.36. The smallest absolute Gasteiger partial charge is 0.419 e. The Morgan fingerprint density at radius 2 is 2.06 bits per heavy atom. The fraction of sp³-hybridized carbons (Fsp3) is 0.333. The van der Waals surface area contributed by atoms with Crippen molar-refractivity contribution in [3.05, 3.63) is 35.4 Å². The molecule has 0 spiro atoms. The summed E-state index contributed by atoms with van der Waals surface area (Å²) in [6.07, 6.45) is -0.189. The van der Waals surface area contributed by atoms with Crippen LogP contribution in [0.25, 0.3) is 6.08 Å². The molecule has 0 heterocycles. The quantitative estimate of drug-likeness (QED) is 0.884. The van der Waals surface area contributed by atoms with Crippen LogP contribution in [-0.2, 0) is 6.18 Å². The number of hydrogen-bond acceptors (Lipinski definition) is 2. The van der Waals surface area contributed by atoms with Crippen LogP contribution in [-0.4, -0.2) is 13.7 Å². The van der Waals surface area contributed by atoms with Crippen molar-refractivity contribution in [2.75, 3.05) is 13.7 Å². The first-order valence-electron chi connectivity index (χ1n) is 5.11. The number of nitrogens with two attached hydrogens (primary N) is 1. The summed E-state index contributed by atoms with van der Waals surface area (Å²) in [4.78, 5) is 0. The Labute approximate surface area is 97.9 Å². The number of alkyl halides is 3. The molecule has 0 aromatic heterocycles. The molecule has 0 bridgehead atoms. The number of rotatable bonds is 4. The minimum atomic E-state index is -4.40. The van der Waals surface area contributed by atoms with Gasteiger partial charge in [0.05, 0.1) is 12.7 Å². The van der Waals surface area contributed by atoms with E-state index in [0.717, 1.165) is 6.07 Å². The van der Waals surface area contributed by atoms with Gasteiger partial charge in [-0.25, -0.2) is 0 Å². The van der Waals surface area contributed by atoms with Gasteiger partial charge in [-0.3, -0.25) is 0 Å². The van der Waals surface area contributed by atoms with Gasteiger partial charge in [0.25, 0.3) is 0 Å². The molecule has 0 unspecified atom stereocenters. The first-order valence-corrected chi connectivity index (χ1v) is 5.11. The van der Waals surface area contributed by atoms with Gasteiger partial charge in [0.15, 0.2) is 0 Å². The van der Waals surface area contributed by atoms with Gasteiger partial charge in [-0.2, -0.15) is 13.2 Å². The second-order valence-corrected chi connectivity index (χ2v) is 3.44. The summed E-state index contributed by atoms with van der Waals surface area (Å²) in [5.74, 6) is -0.174. The summed E-state index contributed by atoms with van der Waals surface area (Å²) in [6, 6.07) is 3.77. The highest BCUT2D eigenvalue weighted by molar-refractivity contribution is 5.54. The van der Waals surface area contributed by atoms with E-state index in [1.807, 2.05) is 6.08 Å². The molecule has 1 aromatic rings. The molecular formula is C12H14F3NO. The molecule has 0 radical (unpaired) electrons. The maximum Gasteiger partial charge on any atom is 0.419 e. The van der Waals surface area contributed by atoms with Crippen LogP contribution < -0.4 is 10.5 Å². The summed E-state index contributed by atoms with van der Waals surface area (Å²) in [6.45, 7) is 0.508. The topological polar surface area (TPSA) is 35.2 Å². The van der Waals surface area contributed by atoms with E-state index in [0.29, 0.717) is 18.5 Å². The lowest BCUT2D eigenvalue weighted by atomic mass is 10.1. The predicted octanol–water partition coefficient (Wildman–Crippen LogP) is 3.08. The largest absolute Gasteiger partial charge is 0.496 e. The molecule has 0 saturated heterocycles. The highest BCUT2D eigenvalue weighted by atomic mass is 19.4. The maximum atomic E-state index is 12.6. The Bertz CT molecular complexity index is 399. The zero-order valence-corrected chi connectivity index (χ0v) is 9.42. The van der Waals surface area contributed by atoms with Crippen LogP contribution in [0.5, 0.6) is 5.75 Å². The zero-order valence-electron chi connectivity index (χ0n) is 9.42. The normalized spacial score (nSPS) is 12.1. The van der Waals surface area contributed by atoms with E-state index in [1.54, 1.807) is 6.08 Å². The highest BCUT2D eigenvalue weighted by Gasteiger charge is 2.34. The van der Waals surface area contributed by atoms with E-state index in [9.17, 15) is 13.2 Å². The Balaban J connectivity index is 3.01. The van der Waals surface area contributed by atoms with Gasteiger partial charge in [-0.05, 0) is 30.7 Å². The molecule has 0 amide bonds. The minimum absolute atomic E-state index is 0.174. The number of methoxy groups -OCH3 is 1. The Morgan fingerprint density at radius 1 is 1.35 bits per heavy atom. The summed E-state index contributed by atoms with van der Waals surface area (Å²) >= 11 is 0. The molecule has 94 valence electrons. The van der Waals surface area contributed by atoms with Crippen molar-refractivity contribution < 1.29 is 17.9 Å². The number of benzene rings is 1. The molecule has 0 aliphatic heterocycles. The average molecular weight is 245 g/mol. The second-order valence-electron chi connectivity index (χ2n) is 3.44. The lowest BCUT2D eigenvalue weighted by molar-refractivity contribution is -0.138. The lowest BCUT2D eigenvalue weighted by Crippen LogP contribution is -2.07. The molecule has 0 aliphatic rings. The molecule has 0 aliphatic carbocycles. The van der Waals surface area contributed by atoms with E-state index in [2.05, 4.69) is 0 Å². The summed E-state index contributed by atoms with van der Waals surface area (Å²) in [5.41, 5.74) is 5.19. The number of ether oxygens (including phenoxy) is 1. The molecule has 5 heteroatoms. The Hall–Kier alpha value is -1.49. The van der Waals surface area contributed by atoms with Crippen LogP contribution in [0.1, 0.15) is 17.5 Å². The van der Waals surface area contributed by atoms with Crippen molar-refractivity contribution >= 4 is 6.08 Å². The molecule has 1 aromatic carbocycles. The van der Waals surface area contributed by atoms with E-state index >= 15 is 0 Å². The van der Waals surface area contributed by atoms with Crippen molar-refractivity contribution in [3.63, 3.8) is 0 Å². The zero-order chi connectivity index (χ0) is 12.9. The summed E-state index contributed by atoms with van der Waals surface area (Å²) < 4.78 is 42.4. The van der Waals surface area contributed by atoms with Crippen LogP contribution in [0, 0.1) is 0 Å². The molecule has 0 saturated carbocycles. The summed E-state index contributed by atoms with van der Waals surface area (Å²) in [5, 5.41) is 0. The Kier molecular flexibility index (Phi) is 4.57. The first-order chi connectivity index (χ1) is 7.99. The fourth-order valence-corrected chi connectivity index (χ4v) is 1.36. The van der Waals surface area contributed by atoms with Crippen molar-refractivity contribution in [1.82, 2.24) is 0 Å². The first kappa shape index (κ1) is 13.6. The van der Waals surface area contributed by atoms with Crippen LogP contribution in [0.2, 0.25) is 0 Å². The van der Waals surface area contributed by atoms with Gasteiger partial charge >= 0.3 is 6.18 Å². The molecule has 2 nitrogen and oxygen atoms in total. The van der Waals surface area contributed by atoms with Crippen molar-refractivity contribution in [2.45, 2.75) is 12.6 Å². The van der Waals surface area contributed by atoms with Crippen LogP contribution in [0.3, 0.4) is 0 Å². The van der Waals surface area contributed by atoms with Gasteiger partial charge < -0.3 is 10.5 Å². The fourth-order valence-electron chi connectivity index (χ4n) is 1.36. The van der Waals surface area contributed by atoms with Gasteiger partial charge in [0.2, 0.25) is 0 Å². The lowest BCUT2D eigenvalue weighted by Gasteiger charge is -2.12. The average Bonchev–Trinajstić information content (AvgIpc) is 2.28. The van der Waals surface area contributed by atoms with Crippen molar-refractivity contribution in [1.29, 1.82) is 0 Å². The SMILES string of the molecule is COc1cc(C=CCCN)ccc1C(F)(F)F. The van der Waals surface area contributed by atoms with E-state index < -0.39 is 11.7 Å². The number of halogens is 3. The van der Waals surface area contributed by atoms with Gasteiger partial charge in [-0.15, -0.1) is 0 Å². The van der Waals surface area contributed by atoms with Gasteiger partial charge in [0.1, 0.15) is 5.75 Å². The third kappa shape index (κ3) is 3.78. The standard InChI is InChI=1S/C12H14F3NO/c1-17-11-8-9(4-2-3-7-16)5-6-10(11)12(13,14)15/h2,4-6,8H,3,7,16H2,1H3. The van der Waals surface area contributed by atoms with Crippen LogP contribution in [0.15, 0.2) is 24.3 Å². The molecule has 0 atom stereocenters. The molecule has 2 N–H and O–H groups in total. The second kappa shape index (κ2) is 5.72. The molecule has 17 heavy (non-hydrogen) atoms. The van der Waals surface area contributed by atoms with E-state index in [-0.39, 0.29) is 5.75 Å². The maximum absolute atomic E-state index is 12.6. The monoisotopic (exact) mass is 245 g/mol. The van der Waals surface area contributed by atoms with Gasteiger partial charge in [-0.1, -0.05) is 18.2 Å². The number of hydrogen-bond donors (Lipinski definition) is 1. The van der Waals surface area contributed by atoms with E-state index in [4.69, 9.17) is 10.5 Å². The molecule has 1 rings (SSSR count). The van der Waals surface area contributed by atoms with Gasteiger partial charge in [0, 0.05) is 0 Å². The minimum Gasteiger partial charge on any atom is -0.496 e. The Morgan fingerprint density at radius 3 is 2.59 bits per heavy atom. The molecule has 0 fully saturated rings.